The van der Waals surface area contributed by atoms with E-state index in [1.54, 1.807) is 22.8 Å². The first-order valence-electron chi connectivity index (χ1n) is 5.80. The molecule has 0 aliphatic carbocycles. The van der Waals surface area contributed by atoms with Crippen LogP contribution in [-0.4, -0.2) is 27.8 Å². The number of halogens is 1. The van der Waals surface area contributed by atoms with Crippen LogP contribution in [0, 0.1) is 3.57 Å². The molecule has 5 nitrogen and oxygen atoms in total. The van der Waals surface area contributed by atoms with Crippen molar-refractivity contribution in [1.29, 1.82) is 0 Å². The van der Waals surface area contributed by atoms with Crippen molar-refractivity contribution in [3.8, 4) is 0 Å². The number of hydrogen-bond donors (Lipinski definition) is 1. The van der Waals surface area contributed by atoms with Crippen molar-refractivity contribution < 1.29 is 4.79 Å². The molecule has 19 heavy (non-hydrogen) atoms. The van der Waals surface area contributed by atoms with Gasteiger partial charge in [0, 0.05) is 35.1 Å². The molecule has 1 aromatic carbocycles. The van der Waals surface area contributed by atoms with Gasteiger partial charge in [-0.1, -0.05) is 0 Å². The molecule has 0 saturated carbocycles. The van der Waals surface area contributed by atoms with Crippen molar-refractivity contribution in [3.05, 3.63) is 45.8 Å². The monoisotopic (exact) mass is 370 g/mol. The number of carbonyl (C=O) groups excluding carboxylic acids is 1. The second-order valence-electron chi connectivity index (χ2n) is 4.32. The maximum Gasteiger partial charge on any atom is 0.321 e. The van der Waals surface area contributed by atoms with Crippen LogP contribution >= 0.6 is 22.6 Å². The highest BCUT2D eigenvalue weighted by Crippen LogP contribution is 2.12. The number of aromatic nitrogens is 2. The molecule has 0 saturated heterocycles. The number of urea groups is 1. The fourth-order valence-corrected chi connectivity index (χ4v) is 2.01. The van der Waals surface area contributed by atoms with Gasteiger partial charge in [0.05, 0.1) is 12.7 Å². The van der Waals surface area contributed by atoms with Crippen LogP contribution in [0.4, 0.5) is 10.5 Å². The molecule has 0 spiro atoms. The van der Waals surface area contributed by atoms with Gasteiger partial charge in [-0.2, -0.15) is 5.10 Å². The minimum absolute atomic E-state index is 0.134. The minimum atomic E-state index is -0.134. The van der Waals surface area contributed by atoms with Crippen LogP contribution in [0.15, 0.2) is 36.7 Å². The van der Waals surface area contributed by atoms with E-state index in [4.69, 9.17) is 0 Å². The van der Waals surface area contributed by atoms with Crippen LogP contribution in [0.1, 0.15) is 5.56 Å². The summed E-state index contributed by atoms with van der Waals surface area (Å²) in [6.07, 6.45) is 3.66. The van der Waals surface area contributed by atoms with Gasteiger partial charge in [-0.25, -0.2) is 4.79 Å². The highest BCUT2D eigenvalue weighted by atomic mass is 127. The Morgan fingerprint density at radius 1 is 1.42 bits per heavy atom. The summed E-state index contributed by atoms with van der Waals surface area (Å²) in [7, 11) is 3.62. The Morgan fingerprint density at radius 2 is 2.11 bits per heavy atom. The molecule has 1 N–H and O–H groups in total. The molecule has 6 heteroatoms. The molecule has 0 aliphatic rings. The summed E-state index contributed by atoms with van der Waals surface area (Å²) in [4.78, 5) is 13.6. The first-order valence-corrected chi connectivity index (χ1v) is 6.87. The maximum absolute atomic E-state index is 12.0. The summed E-state index contributed by atoms with van der Waals surface area (Å²) in [5.74, 6) is 0. The zero-order valence-corrected chi connectivity index (χ0v) is 13.0. The SMILES string of the molecule is CN(Cc1cnn(C)c1)C(=O)Nc1ccc(I)cc1. The van der Waals surface area contributed by atoms with Gasteiger partial charge in [-0.15, -0.1) is 0 Å². The van der Waals surface area contributed by atoms with E-state index in [9.17, 15) is 4.79 Å². The van der Waals surface area contributed by atoms with Crippen molar-refractivity contribution in [1.82, 2.24) is 14.7 Å². The van der Waals surface area contributed by atoms with E-state index in [-0.39, 0.29) is 6.03 Å². The van der Waals surface area contributed by atoms with Crippen LogP contribution < -0.4 is 5.32 Å². The quantitative estimate of drug-likeness (QED) is 0.845. The summed E-state index contributed by atoms with van der Waals surface area (Å²) in [6.45, 7) is 0.532. The van der Waals surface area contributed by atoms with Crippen LogP contribution in [0.3, 0.4) is 0 Å². The van der Waals surface area contributed by atoms with Crippen molar-refractivity contribution in [2.24, 2.45) is 7.05 Å². The van der Waals surface area contributed by atoms with Crippen molar-refractivity contribution in [2.75, 3.05) is 12.4 Å². The average Bonchev–Trinajstić information content (AvgIpc) is 2.77. The van der Waals surface area contributed by atoms with Crippen LogP contribution in [0.5, 0.6) is 0 Å². The molecule has 2 rings (SSSR count). The van der Waals surface area contributed by atoms with E-state index in [1.165, 1.54) is 0 Å². The average molecular weight is 370 g/mol. The number of nitrogens with zero attached hydrogens (tertiary/aromatic N) is 3. The fraction of sp³-hybridized carbons (Fsp3) is 0.231. The van der Waals surface area contributed by atoms with Crippen LogP contribution in [-0.2, 0) is 13.6 Å². The predicted molar refractivity (Wildman–Crippen MR) is 82.9 cm³/mol. The van der Waals surface area contributed by atoms with Gasteiger partial charge < -0.3 is 10.2 Å². The molecular weight excluding hydrogens is 355 g/mol. The minimum Gasteiger partial charge on any atom is -0.323 e. The lowest BCUT2D eigenvalue weighted by molar-refractivity contribution is 0.220. The summed E-state index contributed by atoms with van der Waals surface area (Å²) in [6, 6.07) is 7.55. The standard InChI is InChI=1S/C13H15IN4O/c1-17(8-10-7-15-18(2)9-10)13(19)16-12-5-3-11(14)4-6-12/h3-7,9H,8H2,1-2H3,(H,16,19). The first-order chi connectivity index (χ1) is 9.04. The molecule has 0 unspecified atom stereocenters. The van der Waals surface area contributed by atoms with E-state index in [2.05, 4.69) is 33.0 Å². The van der Waals surface area contributed by atoms with Gasteiger partial charge >= 0.3 is 6.03 Å². The van der Waals surface area contributed by atoms with E-state index in [0.29, 0.717) is 6.54 Å². The largest absolute Gasteiger partial charge is 0.323 e. The second-order valence-corrected chi connectivity index (χ2v) is 5.56. The van der Waals surface area contributed by atoms with Gasteiger partial charge in [0.2, 0.25) is 0 Å². The Hall–Kier alpha value is -1.57. The van der Waals surface area contributed by atoms with Crippen molar-refractivity contribution in [2.45, 2.75) is 6.54 Å². The Bertz CT molecular complexity index is 564. The van der Waals surface area contributed by atoms with Crippen molar-refractivity contribution in [3.63, 3.8) is 0 Å². The number of benzene rings is 1. The van der Waals surface area contributed by atoms with Gasteiger partial charge in [0.1, 0.15) is 0 Å². The molecule has 0 atom stereocenters. The Labute approximate surface area is 125 Å². The second kappa shape index (κ2) is 6.05. The Balaban J connectivity index is 1.94. The molecule has 100 valence electrons. The molecule has 2 amide bonds. The number of hydrogen-bond acceptors (Lipinski definition) is 2. The number of amides is 2. The lowest BCUT2D eigenvalue weighted by atomic mass is 10.3. The van der Waals surface area contributed by atoms with E-state index in [0.717, 1.165) is 14.8 Å². The van der Waals surface area contributed by atoms with E-state index in [1.807, 2.05) is 37.5 Å². The third kappa shape index (κ3) is 3.95. The first kappa shape index (κ1) is 13.9. The summed E-state index contributed by atoms with van der Waals surface area (Å²) in [5, 5.41) is 6.93. The lowest BCUT2D eigenvalue weighted by Gasteiger charge is -2.17. The zero-order chi connectivity index (χ0) is 13.8. The highest BCUT2D eigenvalue weighted by Gasteiger charge is 2.10. The predicted octanol–water partition coefficient (Wildman–Crippen LogP) is 2.69. The molecule has 0 radical (unpaired) electrons. The molecule has 0 bridgehead atoms. The normalized spacial score (nSPS) is 10.3. The third-order valence-electron chi connectivity index (χ3n) is 2.62. The molecule has 1 heterocycles. The summed E-state index contributed by atoms with van der Waals surface area (Å²) < 4.78 is 2.86. The number of aryl methyl sites for hydroxylation is 1. The zero-order valence-electron chi connectivity index (χ0n) is 10.8. The number of rotatable bonds is 3. The fourth-order valence-electron chi connectivity index (χ4n) is 1.65. The number of nitrogens with one attached hydrogen (secondary N) is 1. The summed E-state index contributed by atoms with van der Waals surface area (Å²) >= 11 is 2.23. The van der Waals surface area contributed by atoms with Gasteiger partial charge in [-0.05, 0) is 46.9 Å². The van der Waals surface area contributed by atoms with Gasteiger partial charge in [0.15, 0.2) is 0 Å². The van der Waals surface area contributed by atoms with Crippen LogP contribution in [0.25, 0.3) is 0 Å². The Morgan fingerprint density at radius 3 is 2.68 bits per heavy atom. The molecule has 0 aliphatic heterocycles. The maximum atomic E-state index is 12.0. The van der Waals surface area contributed by atoms with Gasteiger partial charge in [0.25, 0.3) is 0 Å². The van der Waals surface area contributed by atoms with E-state index >= 15 is 0 Å². The topological polar surface area (TPSA) is 50.2 Å². The number of carbonyl (C=O) groups is 1. The molecule has 1 aromatic heterocycles. The van der Waals surface area contributed by atoms with Crippen molar-refractivity contribution >= 4 is 34.3 Å². The lowest BCUT2D eigenvalue weighted by Crippen LogP contribution is -2.30. The summed E-state index contributed by atoms with van der Waals surface area (Å²) in [5.41, 5.74) is 1.80. The van der Waals surface area contributed by atoms with E-state index < -0.39 is 0 Å². The third-order valence-corrected chi connectivity index (χ3v) is 3.34. The highest BCUT2D eigenvalue weighted by molar-refractivity contribution is 14.1. The number of anilines is 1. The smallest absolute Gasteiger partial charge is 0.321 e. The molecule has 0 fully saturated rings. The molecule has 2 aromatic rings. The van der Waals surface area contributed by atoms with Crippen LogP contribution in [0.2, 0.25) is 0 Å². The Kier molecular flexibility index (Phi) is 4.41. The van der Waals surface area contributed by atoms with Gasteiger partial charge in [-0.3, -0.25) is 4.68 Å². The molecular formula is C13H15IN4O.